The lowest BCUT2D eigenvalue weighted by atomic mass is 10.1. The van der Waals surface area contributed by atoms with E-state index in [4.69, 9.17) is 0 Å². The zero-order chi connectivity index (χ0) is 10.4. The van der Waals surface area contributed by atoms with Gasteiger partial charge in [0.25, 0.3) is 0 Å². The number of rotatable bonds is 6. The maximum atomic E-state index is 11.1. The standard InChI is InChI=1S/C9H17N3O2/c1-10-5-8(13)6-11-4-7-2-3-12-9(7)14/h7,10-11H,2-6H2,1H3,(H,12,14). The summed E-state index contributed by atoms with van der Waals surface area (Å²) in [4.78, 5) is 22.2. The van der Waals surface area contributed by atoms with E-state index < -0.39 is 0 Å². The van der Waals surface area contributed by atoms with Gasteiger partial charge in [-0.05, 0) is 13.5 Å². The lowest BCUT2D eigenvalue weighted by Crippen LogP contribution is -2.34. The van der Waals surface area contributed by atoms with Gasteiger partial charge in [0.1, 0.15) is 0 Å². The van der Waals surface area contributed by atoms with Gasteiger partial charge in [-0.15, -0.1) is 0 Å². The molecule has 0 aliphatic carbocycles. The Morgan fingerprint density at radius 3 is 2.93 bits per heavy atom. The minimum absolute atomic E-state index is 0.0392. The van der Waals surface area contributed by atoms with E-state index in [1.54, 1.807) is 7.05 Å². The van der Waals surface area contributed by atoms with Crippen molar-refractivity contribution >= 4 is 11.7 Å². The average molecular weight is 199 g/mol. The van der Waals surface area contributed by atoms with E-state index in [0.717, 1.165) is 13.0 Å². The first-order chi connectivity index (χ1) is 6.74. The zero-order valence-electron chi connectivity index (χ0n) is 8.43. The van der Waals surface area contributed by atoms with Crippen LogP contribution in [0.25, 0.3) is 0 Å². The van der Waals surface area contributed by atoms with Crippen molar-refractivity contribution in [3.63, 3.8) is 0 Å². The van der Waals surface area contributed by atoms with E-state index in [9.17, 15) is 9.59 Å². The molecule has 0 aromatic carbocycles. The van der Waals surface area contributed by atoms with Crippen molar-refractivity contribution in [3.05, 3.63) is 0 Å². The predicted molar refractivity (Wildman–Crippen MR) is 52.9 cm³/mol. The molecule has 0 aromatic heterocycles. The molecule has 14 heavy (non-hydrogen) atoms. The molecule has 1 atom stereocenters. The third-order valence-corrected chi connectivity index (χ3v) is 2.25. The highest BCUT2D eigenvalue weighted by Gasteiger charge is 2.23. The molecule has 1 rings (SSSR count). The fraction of sp³-hybridized carbons (Fsp3) is 0.778. The molecule has 1 amide bonds. The van der Waals surface area contributed by atoms with Crippen molar-refractivity contribution in [3.8, 4) is 0 Å². The van der Waals surface area contributed by atoms with E-state index in [2.05, 4.69) is 16.0 Å². The molecule has 1 aliphatic heterocycles. The Labute approximate surface area is 83.6 Å². The summed E-state index contributed by atoms with van der Waals surface area (Å²) in [5.74, 6) is 0.252. The Kier molecular flexibility index (Phi) is 4.55. The topological polar surface area (TPSA) is 70.2 Å². The molecule has 1 heterocycles. The molecule has 3 N–H and O–H groups in total. The third kappa shape index (κ3) is 3.43. The number of carbonyl (C=O) groups excluding carboxylic acids is 2. The molecule has 5 heteroatoms. The summed E-state index contributed by atoms with van der Waals surface area (Å²) < 4.78 is 0. The first-order valence-corrected chi connectivity index (χ1v) is 4.88. The van der Waals surface area contributed by atoms with E-state index in [0.29, 0.717) is 19.6 Å². The number of Topliss-reactive ketones (excluding diaryl/α,β-unsaturated/α-hetero) is 1. The Hall–Kier alpha value is -0.940. The maximum Gasteiger partial charge on any atom is 0.224 e. The number of ketones is 1. The van der Waals surface area contributed by atoms with Crippen molar-refractivity contribution < 1.29 is 9.59 Å². The minimum atomic E-state index is 0.0392. The van der Waals surface area contributed by atoms with Crippen LogP contribution in [-0.2, 0) is 9.59 Å². The average Bonchev–Trinajstić information content (AvgIpc) is 2.52. The van der Waals surface area contributed by atoms with E-state index in [-0.39, 0.29) is 17.6 Å². The molecule has 80 valence electrons. The van der Waals surface area contributed by atoms with Crippen molar-refractivity contribution in [2.24, 2.45) is 5.92 Å². The highest BCUT2D eigenvalue weighted by molar-refractivity contribution is 5.83. The second-order valence-electron chi connectivity index (χ2n) is 3.48. The highest BCUT2D eigenvalue weighted by atomic mass is 16.2. The molecule has 5 nitrogen and oxygen atoms in total. The van der Waals surface area contributed by atoms with E-state index >= 15 is 0 Å². The normalized spacial score (nSPS) is 20.9. The molecule has 1 fully saturated rings. The van der Waals surface area contributed by atoms with Crippen molar-refractivity contribution in [1.82, 2.24) is 16.0 Å². The fourth-order valence-electron chi connectivity index (χ4n) is 1.49. The van der Waals surface area contributed by atoms with Crippen LogP contribution in [0.15, 0.2) is 0 Å². The van der Waals surface area contributed by atoms with Crippen LogP contribution in [-0.4, -0.2) is 44.9 Å². The summed E-state index contributed by atoms with van der Waals surface area (Å²) in [6.45, 7) is 2.07. The number of nitrogens with one attached hydrogen (secondary N) is 3. The van der Waals surface area contributed by atoms with Crippen LogP contribution in [0, 0.1) is 5.92 Å². The van der Waals surface area contributed by atoms with Crippen LogP contribution >= 0.6 is 0 Å². The van der Waals surface area contributed by atoms with Gasteiger partial charge in [-0.1, -0.05) is 0 Å². The van der Waals surface area contributed by atoms with Crippen molar-refractivity contribution in [2.45, 2.75) is 6.42 Å². The second kappa shape index (κ2) is 5.72. The molecule has 0 spiro atoms. The van der Waals surface area contributed by atoms with Gasteiger partial charge in [0, 0.05) is 13.1 Å². The molecular weight excluding hydrogens is 182 g/mol. The van der Waals surface area contributed by atoms with Gasteiger partial charge >= 0.3 is 0 Å². The first kappa shape index (κ1) is 11.1. The van der Waals surface area contributed by atoms with Crippen molar-refractivity contribution in [2.75, 3.05) is 33.2 Å². The lowest BCUT2D eigenvalue weighted by Gasteiger charge is -2.07. The SMILES string of the molecule is CNCC(=O)CNCC1CCNC1=O. The Bertz CT molecular complexity index is 218. The predicted octanol–water partition coefficient (Wildman–Crippen LogP) is -1.50. The van der Waals surface area contributed by atoms with E-state index in [1.165, 1.54) is 0 Å². The molecule has 0 radical (unpaired) electrons. The van der Waals surface area contributed by atoms with Crippen LogP contribution < -0.4 is 16.0 Å². The largest absolute Gasteiger partial charge is 0.356 e. The summed E-state index contributed by atoms with van der Waals surface area (Å²) in [5.41, 5.74) is 0. The van der Waals surface area contributed by atoms with Crippen LogP contribution in [0.3, 0.4) is 0 Å². The molecule has 1 aliphatic rings. The van der Waals surface area contributed by atoms with Gasteiger partial charge < -0.3 is 16.0 Å². The van der Waals surface area contributed by atoms with Crippen LogP contribution in [0.2, 0.25) is 0 Å². The Morgan fingerprint density at radius 1 is 1.57 bits per heavy atom. The monoisotopic (exact) mass is 199 g/mol. The fourth-order valence-corrected chi connectivity index (χ4v) is 1.49. The van der Waals surface area contributed by atoms with Gasteiger partial charge in [0.2, 0.25) is 5.91 Å². The summed E-state index contributed by atoms with van der Waals surface area (Å²) in [6, 6.07) is 0. The summed E-state index contributed by atoms with van der Waals surface area (Å²) in [7, 11) is 1.74. The third-order valence-electron chi connectivity index (χ3n) is 2.25. The first-order valence-electron chi connectivity index (χ1n) is 4.88. The van der Waals surface area contributed by atoms with E-state index in [1.807, 2.05) is 0 Å². The Morgan fingerprint density at radius 2 is 2.36 bits per heavy atom. The van der Waals surface area contributed by atoms with Crippen molar-refractivity contribution in [1.29, 1.82) is 0 Å². The smallest absolute Gasteiger partial charge is 0.224 e. The molecule has 0 aromatic rings. The molecule has 1 saturated heterocycles. The van der Waals surface area contributed by atoms with Gasteiger partial charge in [-0.3, -0.25) is 9.59 Å². The van der Waals surface area contributed by atoms with Gasteiger partial charge in [0.05, 0.1) is 19.0 Å². The van der Waals surface area contributed by atoms with Crippen LogP contribution in [0.4, 0.5) is 0 Å². The number of hydrogen-bond donors (Lipinski definition) is 3. The number of amides is 1. The van der Waals surface area contributed by atoms with Crippen LogP contribution in [0.5, 0.6) is 0 Å². The number of likely N-dealkylation sites (N-methyl/N-ethyl adjacent to an activating group) is 1. The maximum absolute atomic E-state index is 11.1. The lowest BCUT2D eigenvalue weighted by molar-refractivity contribution is -0.122. The van der Waals surface area contributed by atoms with Crippen LogP contribution in [0.1, 0.15) is 6.42 Å². The zero-order valence-corrected chi connectivity index (χ0v) is 8.43. The summed E-state index contributed by atoms with van der Waals surface area (Å²) in [6.07, 6.45) is 0.867. The summed E-state index contributed by atoms with van der Waals surface area (Å²) in [5, 5.41) is 8.53. The van der Waals surface area contributed by atoms with Gasteiger partial charge in [0.15, 0.2) is 5.78 Å². The molecule has 0 saturated carbocycles. The quantitative estimate of drug-likeness (QED) is 0.487. The second-order valence-corrected chi connectivity index (χ2v) is 3.48. The molecular formula is C9H17N3O2. The number of carbonyl (C=O) groups is 2. The van der Waals surface area contributed by atoms with Gasteiger partial charge in [-0.2, -0.15) is 0 Å². The number of hydrogen-bond acceptors (Lipinski definition) is 4. The highest BCUT2D eigenvalue weighted by Crippen LogP contribution is 2.06. The molecule has 0 bridgehead atoms. The van der Waals surface area contributed by atoms with Gasteiger partial charge in [-0.25, -0.2) is 0 Å². The Balaban J connectivity index is 2.08. The summed E-state index contributed by atoms with van der Waals surface area (Å²) >= 11 is 0. The molecule has 1 unspecified atom stereocenters. The minimum Gasteiger partial charge on any atom is -0.356 e.